The lowest BCUT2D eigenvalue weighted by Crippen LogP contribution is -2.51. The maximum atomic E-state index is 11.5. The molecule has 0 fully saturated rings. The number of esters is 1. The number of ether oxygens (including phenoxy) is 1. The smallest absolute Gasteiger partial charge is 0.324 e. The Bertz CT molecular complexity index is 221. The summed E-state index contributed by atoms with van der Waals surface area (Å²) in [6.07, 6.45) is 1.000. The molecule has 0 rings (SSSR count). The summed E-state index contributed by atoms with van der Waals surface area (Å²) in [5.74, 6) is -0.265. The minimum absolute atomic E-state index is 0.0230. The van der Waals surface area contributed by atoms with Crippen LogP contribution in [-0.4, -0.2) is 34.8 Å². The monoisotopic (exact) mass is 343 g/mol. The second-order valence-electron chi connectivity index (χ2n) is 4.18. The van der Waals surface area contributed by atoms with E-state index < -0.39 is 4.32 Å². The summed E-state index contributed by atoms with van der Waals surface area (Å²) in [5.41, 5.74) is 0.0230. The average Bonchev–Trinajstić information content (AvgIpc) is 2.24. The first-order valence-corrected chi connectivity index (χ1v) is 6.81. The van der Waals surface area contributed by atoms with E-state index in [2.05, 4.69) is 57.9 Å². The van der Waals surface area contributed by atoms with Crippen LogP contribution in [0.25, 0.3) is 0 Å². The summed E-state index contributed by atoms with van der Waals surface area (Å²) in [5, 5.41) is 3.85. The second kappa shape index (κ2) is 6.21. The van der Waals surface area contributed by atoms with Crippen LogP contribution in [0.3, 0.4) is 0 Å². The topological polar surface area (TPSA) is 38.3 Å². The van der Waals surface area contributed by atoms with Crippen molar-refractivity contribution in [3.63, 3.8) is 0 Å². The van der Waals surface area contributed by atoms with Gasteiger partial charge in [0.2, 0.25) is 0 Å². The van der Waals surface area contributed by atoms with Crippen LogP contribution in [0.2, 0.25) is 0 Å². The van der Waals surface area contributed by atoms with Crippen molar-refractivity contribution in [1.82, 2.24) is 5.32 Å². The van der Waals surface area contributed by atoms with Gasteiger partial charge in [-0.05, 0) is 20.3 Å². The molecular formula is C10H19Br2NO2. The molecule has 1 N–H and O–H groups in total. The molecule has 1 unspecified atom stereocenters. The van der Waals surface area contributed by atoms with Gasteiger partial charge in [0.05, 0.1) is 7.11 Å². The van der Waals surface area contributed by atoms with Crippen molar-refractivity contribution in [2.75, 3.05) is 19.0 Å². The Hall–Kier alpha value is 0.390. The molecule has 0 heterocycles. The zero-order valence-corrected chi connectivity index (χ0v) is 12.9. The highest BCUT2D eigenvalue weighted by Crippen LogP contribution is 2.23. The molecule has 0 aliphatic rings. The lowest BCUT2D eigenvalue weighted by Gasteiger charge is -2.30. The predicted molar refractivity (Wildman–Crippen MR) is 69.8 cm³/mol. The van der Waals surface area contributed by atoms with Gasteiger partial charge in [-0.3, -0.25) is 4.79 Å². The molecule has 0 aromatic carbocycles. The van der Waals surface area contributed by atoms with Gasteiger partial charge in [0.25, 0.3) is 0 Å². The number of alkyl halides is 2. The maximum Gasteiger partial charge on any atom is 0.324 e. The van der Waals surface area contributed by atoms with Gasteiger partial charge in [-0.25, -0.2) is 0 Å². The minimum atomic E-state index is -0.686. The SMILES string of the molecule is CCC(C)(C)NCC(Br)(CBr)C(=O)OC. The summed E-state index contributed by atoms with van der Waals surface area (Å²) in [6.45, 7) is 6.85. The first-order valence-electron chi connectivity index (χ1n) is 4.89. The van der Waals surface area contributed by atoms with E-state index in [9.17, 15) is 4.79 Å². The third-order valence-corrected chi connectivity index (χ3v) is 5.09. The van der Waals surface area contributed by atoms with Crippen LogP contribution in [0.5, 0.6) is 0 Å². The fourth-order valence-electron chi connectivity index (χ4n) is 0.861. The van der Waals surface area contributed by atoms with Gasteiger partial charge in [0, 0.05) is 17.4 Å². The Kier molecular flexibility index (Phi) is 6.37. The Labute approximate surface area is 109 Å². The molecule has 5 heteroatoms. The van der Waals surface area contributed by atoms with Crippen molar-refractivity contribution in [3.05, 3.63) is 0 Å². The quantitative estimate of drug-likeness (QED) is 0.594. The molecule has 0 aliphatic carbocycles. The predicted octanol–water partition coefficient (Wildman–Crippen LogP) is 2.47. The molecule has 0 spiro atoms. The average molecular weight is 345 g/mol. The molecule has 90 valence electrons. The van der Waals surface area contributed by atoms with Gasteiger partial charge >= 0.3 is 5.97 Å². The molecule has 15 heavy (non-hydrogen) atoms. The zero-order chi connectivity index (χ0) is 12.1. The molecule has 0 aromatic rings. The van der Waals surface area contributed by atoms with Gasteiger partial charge in [0.1, 0.15) is 4.32 Å². The Morgan fingerprint density at radius 3 is 2.33 bits per heavy atom. The van der Waals surface area contributed by atoms with Gasteiger partial charge in [-0.2, -0.15) is 0 Å². The van der Waals surface area contributed by atoms with E-state index in [4.69, 9.17) is 4.74 Å². The van der Waals surface area contributed by atoms with Crippen molar-refractivity contribution >= 4 is 37.8 Å². The standard InChI is InChI=1S/C10H19Br2NO2/c1-5-9(2,3)13-7-10(12,6-11)8(14)15-4/h13H,5-7H2,1-4H3. The van der Waals surface area contributed by atoms with Crippen LogP contribution in [0.4, 0.5) is 0 Å². The highest BCUT2D eigenvalue weighted by Gasteiger charge is 2.36. The number of rotatable bonds is 6. The molecule has 1 atom stereocenters. The third-order valence-electron chi connectivity index (χ3n) is 2.49. The van der Waals surface area contributed by atoms with Crippen molar-refractivity contribution in [3.8, 4) is 0 Å². The number of nitrogens with one attached hydrogen (secondary N) is 1. The van der Waals surface area contributed by atoms with Crippen molar-refractivity contribution in [2.45, 2.75) is 37.1 Å². The molecule has 0 aromatic heterocycles. The van der Waals surface area contributed by atoms with Crippen LogP contribution in [0, 0.1) is 0 Å². The minimum Gasteiger partial charge on any atom is -0.468 e. The molecule has 0 saturated heterocycles. The Morgan fingerprint density at radius 2 is 2.00 bits per heavy atom. The molecule has 3 nitrogen and oxygen atoms in total. The number of halogens is 2. The van der Waals surface area contributed by atoms with E-state index >= 15 is 0 Å². The summed E-state index contributed by atoms with van der Waals surface area (Å²) < 4.78 is 4.06. The first kappa shape index (κ1) is 15.4. The van der Waals surface area contributed by atoms with Crippen LogP contribution < -0.4 is 5.32 Å². The maximum absolute atomic E-state index is 11.5. The fourth-order valence-corrected chi connectivity index (χ4v) is 1.59. The Morgan fingerprint density at radius 1 is 1.47 bits per heavy atom. The summed E-state index contributed by atoms with van der Waals surface area (Å²) in [7, 11) is 1.39. The van der Waals surface area contributed by atoms with Crippen molar-refractivity contribution in [2.24, 2.45) is 0 Å². The van der Waals surface area contributed by atoms with Gasteiger partial charge in [-0.15, -0.1) is 0 Å². The molecule has 0 bridgehead atoms. The van der Waals surface area contributed by atoms with Crippen LogP contribution in [0.1, 0.15) is 27.2 Å². The molecular weight excluding hydrogens is 326 g/mol. The van der Waals surface area contributed by atoms with E-state index in [0.29, 0.717) is 11.9 Å². The summed E-state index contributed by atoms with van der Waals surface area (Å²) in [4.78, 5) is 11.5. The van der Waals surface area contributed by atoms with E-state index in [0.717, 1.165) is 6.42 Å². The summed E-state index contributed by atoms with van der Waals surface area (Å²) in [6, 6.07) is 0. The highest BCUT2D eigenvalue weighted by molar-refractivity contribution is 9.12. The van der Waals surface area contributed by atoms with Gasteiger partial charge in [0.15, 0.2) is 0 Å². The van der Waals surface area contributed by atoms with E-state index in [1.807, 2.05) is 0 Å². The van der Waals surface area contributed by atoms with Crippen molar-refractivity contribution in [1.29, 1.82) is 0 Å². The first-order chi connectivity index (χ1) is 6.81. The third kappa shape index (κ3) is 4.83. The fraction of sp³-hybridized carbons (Fsp3) is 0.900. The number of carbonyl (C=O) groups is 1. The normalized spacial score (nSPS) is 15.9. The second-order valence-corrected chi connectivity index (χ2v) is 6.26. The van der Waals surface area contributed by atoms with Crippen molar-refractivity contribution < 1.29 is 9.53 Å². The highest BCUT2D eigenvalue weighted by atomic mass is 79.9. The molecule has 0 saturated carbocycles. The largest absolute Gasteiger partial charge is 0.468 e. The zero-order valence-electron chi connectivity index (χ0n) is 9.69. The van der Waals surface area contributed by atoms with E-state index in [-0.39, 0.29) is 11.5 Å². The number of hydrogen-bond acceptors (Lipinski definition) is 3. The number of methoxy groups -OCH3 is 1. The van der Waals surface area contributed by atoms with Gasteiger partial charge < -0.3 is 10.1 Å². The van der Waals surface area contributed by atoms with Crippen LogP contribution in [0.15, 0.2) is 0 Å². The Balaban J connectivity index is 4.40. The van der Waals surface area contributed by atoms with Crippen LogP contribution >= 0.6 is 31.9 Å². The molecule has 0 amide bonds. The summed E-state index contributed by atoms with van der Waals surface area (Å²) >= 11 is 6.72. The van der Waals surface area contributed by atoms with E-state index in [1.54, 1.807) is 0 Å². The number of hydrogen-bond donors (Lipinski definition) is 1. The van der Waals surface area contributed by atoms with Gasteiger partial charge in [-0.1, -0.05) is 38.8 Å². The lowest BCUT2D eigenvalue weighted by molar-refractivity contribution is -0.142. The van der Waals surface area contributed by atoms with Crippen LogP contribution in [-0.2, 0) is 9.53 Å². The molecule has 0 radical (unpaired) electrons. The van der Waals surface area contributed by atoms with E-state index in [1.165, 1.54) is 7.11 Å². The number of carbonyl (C=O) groups excluding carboxylic acids is 1. The lowest BCUT2D eigenvalue weighted by atomic mass is 10.0. The molecule has 0 aliphatic heterocycles.